The van der Waals surface area contributed by atoms with Crippen LogP contribution in [0.15, 0.2) is 36.4 Å². The van der Waals surface area contributed by atoms with Crippen molar-refractivity contribution in [2.75, 3.05) is 6.54 Å². The normalized spacial score (nSPS) is 16.5. The van der Waals surface area contributed by atoms with Gasteiger partial charge in [-0.1, -0.05) is 0 Å². The van der Waals surface area contributed by atoms with Crippen molar-refractivity contribution in [2.45, 2.75) is 31.9 Å². The van der Waals surface area contributed by atoms with E-state index in [1.165, 1.54) is 23.5 Å². The molecule has 1 unspecified atom stereocenters. The van der Waals surface area contributed by atoms with Crippen molar-refractivity contribution in [2.24, 2.45) is 11.7 Å². The van der Waals surface area contributed by atoms with Gasteiger partial charge in [0.05, 0.1) is 10.4 Å². The summed E-state index contributed by atoms with van der Waals surface area (Å²) in [6.07, 6.45) is 2.19. The first-order chi connectivity index (χ1) is 11.9. The van der Waals surface area contributed by atoms with Crippen LogP contribution in [0.25, 0.3) is 10.4 Å². The summed E-state index contributed by atoms with van der Waals surface area (Å²) in [6.45, 7) is -0.447. The molecule has 1 amide bonds. The van der Waals surface area contributed by atoms with Gasteiger partial charge in [-0.3, -0.25) is 4.79 Å². The van der Waals surface area contributed by atoms with Gasteiger partial charge >= 0.3 is 6.61 Å². The van der Waals surface area contributed by atoms with Crippen LogP contribution in [0.4, 0.5) is 8.78 Å². The first-order valence-electron chi connectivity index (χ1n) is 8.09. The van der Waals surface area contributed by atoms with Gasteiger partial charge in [0.25, 0.3) is 5.91 Å². The number of nitrogens with one attached hydrogen (secondary N) is 1. The van der Waals surface area contributed by atoms with Gasteiger partial charge in [-0.2, -0.15) is 8.78 Å². The molecule has 2 aromatic rings. The van der Waals surface area contributed by atoms with Crippen LogP contribution in [0.1, 0.15) is 29.4 Å². The number of thiophene rings is 1. The van der Waals surface area contributed by atoms with E-state index in [1.54, 1.807) is 18.2 Å². The van der Waals surface area contributed by atoms with Gasteiger partial charge in [0.15, 0.2) is 0 Å². The van der Waals surface area contributed by atoms with Gasteiger partial charge < -0.3 is 15.8 Å². The molecule has 1 aromatic heterocycles. The smallest absolute Gasteiger partial charge is 0.387 e. The molecule has 1 saturated carbocycles. The number of halogens is 2. The Morgan fingerprint density at radius 2 is 2.00 bits per heavy atom. The molecule has 134 valence electrons. The maximum Gasteiger partial charge on any atom is 0.387 e. The van der Waals surface area contributed by atoms with E-state index in [1.807, 2.05) is 13.0 Å². The zero-order valence-corrected chi connectivity index (χ0v) is 14.6. The van der Waals surface area contributed by atoms with E-state index in [9.17, 15) is 13.6 Å². The fourth-order valence-corrected chi connectivity index (χ4v) is 3.68. The molecule has 7 heteroatoms. The zero-order valence-electron chi connectivity index (χ0n) is 13.8. The number of nitrogens with two attached hydrogens (primary N) is 1. The molecule has 3 N–H and O–H groups in total. The minimum Gasteiger partial charge on any atom is -0.435 e. The highest BCUT2D eigenvalue weighted by Gasteiger charge is 2.41. The number of carbonyl (C=O) groups excluding carboxylic acids is 1. The number of amides is 1. The Bertz CT molecular complexity index is 744. The average molecular weight is 366 g/mol. The molecule has 1 aromatic carbocycles. The summed E-state index contributed by atoms with van der Waals surface area (Å²) in [5.41, 5.74) is 6.32. The molecule has 0 radical (unpaired) electrons. The van der Waals surface area contributed by atoms with Crippen molar-refractivity contribution in [1.82, 2.24) is 5.32 Å². The third-order valence-corrected chi connectivity index (χ3v) is 5.63. The first kappa shape index (κ1) is 17.8. The standard InChI is InChI=1S/C18H20F2N2O2S/c1-18(10-21,12-4-5-12)22-16(23)15-9-8-14(25-15)11-2-6-13(7-3-11)24-17(19)20/h2-3,6-9,12,17H,4-5,10,21H2,1H3,(H,22,23). The van der Waals surface area contributed by atoms with Crippen molar-refractivity contribution >= 4 is 17.2 Å². The van der Waals surface area contributed by atoms with Crippen molar-refractivity contribution in [3.8, 4) is 16.2 Å². The number of rotatable bonds is 7. The van der Waals surface area contributed by atoms with Gasteiger partial charge in [0.2, 0.25) is 0 Å². The highest BCUT2D eigenvalue weighted by atomic mass is 32.1. The average Bonchev–Trinajstić information content (AvgIpc) is 3.33. The highest BCUT2D eigenvalue weighted by Crippen LogP contribution is 2.39. The van der Waals surface area contributed by atoms with Crippen molar-refractivity contribution in [3.05, 3.63) is 41.3 Å². The van der Waals surface area contributed by atoms with E-state index in [-0.39, 0.29) is 17.2 Å². The number of alkyl halides is 2. The number of carbonyl (C=O) groups is 1. The van der Waals surface area contributed by atoms with Crippen LogP contribution in [0.5, 0.6) is 5.75 Å². The van der Waals surface area contributed by atoms with Crippen LogP contribution >= 0.6 is 11.3 Å². The van der Waals surface area contributed by atoms with Gasteiger partial charge in [0, 0.05) is 11.4 Å². The molecule has 0 spiro atoms. The van der Waals surface area contributed by atoms with Gasteiger partial charge in [-0.05, 0) is 67.6 Å². The highest BCUT2D eigenvalue weighted by molar-refractivity contribution is 7.17. The second kappa shape index (κ2) is 7.09. The molecule has 25 heavy (non-hydrogen) atoms. The summed E-state index contributed by atoms with van der Waals surface area (Å²) in [4.78, 5) is 14.0. The van der Waals surface area contributed by atoms with Crippen LogP contribution < -0.4 is 15.8 Å². The lowest BCUT2D eigenvalue weighted by Gasteiger charge is -2.29. The Labute approximate surface area is 149 Å². The summed E-state index contributed by atoms with van der Waals surface area (Å²) in [5, 5.41) is 3.06. The quantitative estimate of drug-likeness (QED) is 0.782. The van der Waals surface area contributed by atoms with E-state index < -0.39 is 6.61 Å². The Balaban J connectivity index is 1.70. The third kappa shape index (κ3) is 4.16. The summed E-state index contributed by atoms with van der Waals surface area (Å²) in [7, 11) is 0. The first-order valence-corrected chi connectivity index (χ1v) is 8.90. The van der Waals surface area contributed by atoms with Crippen molar-refractivity contribution < 1.29 is 18.3 Å². The number of hydrogen-bond acceptors (Lipinski definition) is 4. The van der Waals surface area contributed by atoms with Crippen LogP contribution in [0, 0.1) is 5.92 Å². The Morgan fingerprint density at radius 1 is 1.32 bits per heavy atom. The minimum absolute atomic E-state index is 0.108. The second-order valence-electron chi connectivity index (χ2n) is 6.42. The van der Waals surface area contributed by atoms with E-state index in [0.717, 1.165) is 23.3 Å². The molecule has 0 saturated heterocycles. The summed E-state index contributed by atoms with van der Waals surface area (Å²) in [6, 6.07) is 9.97. The van der Waals surface area contributed by atoms with Crippen LogP contribution in [-0.2, 0) is 0 Å². The van der Waals surface area contributed by atoms with E-state index in [2.05, 4.69) is 10.1 Å². The SMILES string of the molecule is CC(CN)(NC(=O)c1ccc(-c2ccc(OC(F)F)cc2)s1)C1CC1. The molecule has 0 aliphatic heterocycles. The largest absolute Gasteiger partial charge is 0.435 e. The fraction of sp³-hybridized carbons (Fsp3) is 0.389. The van der Waals surface area contributed by atoms with Crippen LogP contribution in [0.3, 0.4) is 0 Å². The molecular weight excluding hydrogens is 346 g/mol. The van der Waals surface area contributed by atoms with Gasteiger partial charge in [-0.15, -0.1) is 11.3 Å². The molecule has 4 nitrogen and oxygen atoms in total. The molecule has 1 aliphatic rings. The maximum atomic E-state index is 12.5. The van der Waals surface area contributed by atoms with E-state index in [4.69, 9.17) is 5.73 Å². The fourth-order valence-electron chi connectivity index (χ4n) is 2.78. The molecule has 1 aliphatic carbocycles. The lowest BCUT2D eigenvalue weighted by molar-refractivity contribution is -0.0498. The topological polar surface area (TPSA) is 64.3 Å². The monoisotopic (exact) mass is 366 g/mol. The van der Waals surface area contributed by atoms with Gasteiger partial charge in [-0.25, -0.2) is 0 Å². The molecule has 0 bridgehead atoms. The Kier molecular flexibility index (Phi) is 5.06. The Morgan fingerprint density at radius 3 is 2.56 bits per heavy atom. The van der Waals surface area contributed by atoms with Crippen molar-refractivity contribution in [1.29, 1.82) is 0 Å². The predicted octanol–water partition coefficient (Wildman–Crippen LogP) is 3.87. The summed E-state index contributed by atoms with van der Waals surface area (Å²) < 4.78 is 28.7. The number of hydrogen-bond donors (Lipinski definition) is 2. The van der Waals surface area contributed by atoms with Crippen LogP contribution in [0.2, 0.25) is 0 Å². The minimum atomic E-state index is -2.84. The maximum absolute atomic E-state index is 12.5. The zero-order chi connectivity index (χ0) is 18.0. The predicted molar refractivity (Wildman–Crippen MR) is 94.0 cm³/mol. The third-order valence-electron chi connectivity index (χ3n) is 4.50. The van der Waals surface area contributed by atoms with E-state index >= 15 is 0 Å². The number of benzene rings is 1. The van der Waals surface area contributed by atoms with E-state index in [0.29, 0.717) is 17.3 Å². The molecule has 1 atom stereocenters. The second-order valence-corrected chi connectivity index (χ2v) is 7.50. The van der Waals surface area contributed by atoms with Crippen molar-refractivity contribution in [3.63, 3.8) is 0 Å². The summed E-state index contributed by atoms with van der Waals surface area (Å²) in [5.74, 6) is 0.424. The molecule has 1 heterocycles. The lowest BCUT2D eigenvalue weighted by Crippen LogP contribution is -2.53. The lowest BCUT2D eigenvalue weighted by atomic mass is 9.96. The Hall–Kier alpha value is -1.99. The molecule has 1 fully saturated rings. The van der Waals surface area contributed by atoms with Crippen LogP contribution in [-0.4, -0.2) is 24.6 Å². The molecule has 3 rings (SSSR count). The molecular formula is C18H20F2N2O2S. The summed E-state index contributed by atoms with van der Waals surface area (Å²) >= 11 is 1.36. The number of ether oxygens (including phenoxy) is 1. The van der Waals surface area contributed by atoms with Gasteiger partial charge in [0.1, 0.15) is 5.75 Å².